The van der Waals surface area contributed by atoms with E-state index in [4.69, 9.17) is 4.74 Å². The fourth-order valence-electron chi connectivity index (χ4n) is 2.58. The minimum Gasteiger partial charge on any atom is -0.452 e. The van der Waals surface area contributed by atoms with Gasteiger partial charge in [-0.2, -0.15) is 4.31 Å². The second kappa shape index (κ2) is 10.7. The highest BCUT2D eigenvalue weighted by atomic mass is 32.2. The third-order valence-electron chi connectivity index (χ3n) is 4.09. The molecule has 0 atom stereocenters. The number of nitrogens with zero attached hydrogens (tertiary/aromatic N) is 1. The van der Waals surface area contributed by atoms with Crippen LogP contribution in [0.2, 0.25) is 0 Å². The maximum absolute atomic E-state index is 13.1. The van der Waals surface area contributed by atoms with E-state index >= 15 is 0 Å². The standard InChI is InChI=1S/C21H23FN2O5S/c1-3-24(4-2)30(27,28)19-11-9-18(10-12-19)23-20(25)15-29-21(26)13-8-16-6-5-7-17(22)14-16/h5-14H,3-4,15H2,1-2H3,(H,23,25)/b13-8+. The maximum atomic E-state index is 13.1. The van der Waals surface area contributed by atoms with Gasteiger partial charge in [0.2, 0.25) is 10.0 Å². The molecular weight excluding hydrogens is 411 g/mol. The molecule has 0 heterocycles. The van der Waals surface area contributed by atoms with Crippen LogP contribution in [0.3, 0.4) is 0 Å². The molecule has 30 heavy (non-hydrogen) atoms. The van der Waals surface area contributed by atoms with Crippen LogP contribution in [0.15, 0.2) is 59.5 Å². The predicted molar refractivity (Wildman–Crippen MR) is 112 cm³/mol. The highest BCUT2D eigenvalue weighted by Crippen LogP contribution is 2.18. The molecule has 0 aliphatic heterocycles. The molecule has 7 nitrogen and oxygen atoms in total. The van der Waals surface area contributed by atoms with Gasteiger partial charge in [0.25, 0.3) is 5.91 Å². The number of sulfonamides is 1. The number of benzene rings is 2. The number of halogens is 1. The third kappa shape index (κ3) is 6.50. The van der Waals surface area contributed by atoms with Crippen molar-refractivity contribution in [3.05, 3.63) is 66.0 Å². The van der Waals surface area contributed by atoms with Crippen LogP contribution < -0.4 is 5.32 Å². The first-order valence-electron chi connectivity index (χ1n) is 9.26. The Hall–Kier alpha value is -3.04. The van der Waals surface area contributed by atoms with Crippen LogP contribution in [0.4, 0.5) is 10.1 Å². The second-order valence-electron chi connectivity index (χ2n) is 6.16. The summed E-state index contributed by atoms with van der Waals surface area (Å²) < 4.78 is 44.1. The summed E-state index contributed by atoms with van der Waals surface area (Å²) in [5.41, 5.74) is 0.848. The summed E-state index contributed by atoms with van der Waals surface area (Å²) in [7, 11) is -3.58. The number of hydrogen-bond acceptors (Lipinski definition) is 5. The first-order valence-corrected chi connectivity index (χ1v) is 10.7. The molecule has 2 rings (SSSR count). The highest BCUT2D eigenvalue weighted by Gasteiger charge is 2.21. The molecule has 160 valence electrons. The van der Waals surface area contributed by atoms with Gasteiger partial charge in [-0.1, -0.05) is 26.0 Å². The number of nitrogens with one attached hydrogen (secondary N) is 1. The van der Waals surface area contributed by atoms with Crippen LogP contribution in [-0.4, -0.2) is 44.3 Å². The normalized spacial score (nSPS) is 11.6. The van der Waals surface area contributed by atoms with Crippen LogP contribution in [0.25, 0.3) is 6.08 Å². The van der Waals surface area contributed by atoms with E-state index in [0.29, 0.717) is 24.3 Å². The summed E-state index contributed by atoms with van der Waals surface area (Å²) in [6.07, 6.45) is 2.47. The minimum absolute atomic E-state index is 0.123. The molecular formula is C21H23FN2O5S. The molecule has 0 bridgehead atoms. The van der Waals surface area contributed by atoms with Gasteiger partial charge in [-0.05, 0) is 48.0 Å². The van der Waals surface area contributed by atoms with E-state index < -0.39 is 34.3 Å². The van der Waals surface area contributed by atoms with E-state index in [0.717, 1.165) is 6.08 Å². The Labute approximate surface area is 175 Å². The van der Waals surface area contributed by atoms with Crippen molar-refractivity contribution in [2.45, 2.75) is 18.7 Å². The van der Waals surface area contributed by atoms with E-state index in [2.05, 4.69) is 5.32 Å². The van der Waals surface area contributed by atoms with Gasteiger partial charge in [-0.15, -0.1) is 0 Å². The molecule has 2 aromatic rings. The lowest BCUT2D eigenvalue weighted by Gasteiger charge is -2.18. The molecule has 0 aromatic heterocycles. The number of rotatable bonds is 9. The van der Waals surface area contributed by atoms with Crippen LogP contribution in [-0.2, 0) is 24.3 Å². The smallest absolute Gasteiger partial charge is 0.331 e. The molecule has 2 aromatic carbocycles. The van der Waals surface area contributed by atoms with Crippen molar-refractivity contribution in [2.24, 2.45) is 0 Å². The number of amides is 1. The minimum atomic E-state index is -3.58. The molecule has 0 saturated heterocycles. The van der Waals surface area contributed by atoms with Crippen molar-refractivity contribution in [1.29, 1.82) is 0 Å². The zero-order valence-electron chi connectivity index (χ0n) is 16.7. The lowest BCUT2D eigenvalue weighted by Crippen LogP contribution is -2.30. The average Bonchev–Trinajstić information content (AvgIpc) is 2.72. The number of anilines is 1. The Balaban J connectivity index is 1.88. The van der Waals surface area contributed by atoms with E-state index in [1.165, 1.54) is 52.8 Å². The van der Waals surface area contributed by atoms with Gasteiger partial charge in [0.15, 0.2) is 6.61 Å². The summed E-state index contributed by atoms with van der Waals surface area (Å²) in [4.78, 5) is 23.7. The zero-order chi connectivity index (χ0) is 22.1. The zero-order valence-corrected chi connectivity index (χ0v) is 17.5. The molecule has 0 aliphatic carbocycles. The topological polar surface area (TPSA) is 92.8 Å². The van der Waals surface area contributed by atoms with Gasteiger partial charge in [0.05, 0.1) is 4.90 Å². The van der Waals surface area contributed by atoms with Crippen molar-refractivity contribution in [3.8, 4) is 0 Å². The summed E-state index contributed by atoms with van der Waals surface area (Å²) in [6, 6.07) is 11.4. The van der Waals surface area contributed by atoms with Crippen molar-refractivity contribution in [2.75, 3.05) is 25.0 Å². The Morgan fingerprint density at radius 1 is 1.10 bits per heavy atom. The molecule has 0 spiro atoms. The lowest BCUT2D eigenvalue weighted by atomic mass is 10.2. The summed E-state index contributed by atoms with van der Waals surface area (Å²) in [5, 5.41) is 2.52. The average molecular weight is 434 g/mol. The fraction of sp³-hybridized carbons (Fsp3) is 0.238. The quantitative estimate of drug-likeness (QED) is 0.484. The van der Waals surface area contributed by atoms with Crippen molar-refractivity contribution in [3.63, 3.8) is 0 Å². The van der Waals surface area contributed by atoms with Gasteiger partial charge in [-0.3, -0.25) is 4.79 Å². The lowest BCUT2D eigenvalue weighted by molar-refractivity contribution is -0.142. The Morgan fingerprint density at radius 2 is 1.77 bits per heavy atom. The van der Waals surface area contributed by atoms with E-state index in [1.54, 1.807) is 19.9 Å². The summed E-state index contributed by atoms with van der Waals surface area (Å²) >= 11 is 0. The first-order chi connectivity index (χ1) is 14.3. The number of hydrogen-bond donors (Lipinski definition) is 1. The van der Waals surface area contributed by atoms with Crippen LogP contribution >= 0.6 is 0 Å². The number of carbonyl (C=O) groups is 2. The van der Waals surface area contributed by atoms with Crippen LogP contribution in [0.5, 0.6) is 0 Å². The fourth-order valence-corrected chi connectivity index (χ4v) is 4.04. The molecule has 0 fully saturated rings. The van der Waals surface area contributed by atoms with Crippen molar-refractivity contribution in [1.82, 2.24) is 4.31 Å². The molecule has 1 amide bonds. The number of ether oxygens (including phenoxy) is 1. The van der Waals surface area contributed by atoms with Crippen molar-refractivity contribution < 1.29 is 27.1 Å². The highest BCUT2D eigenvalue weighted by molar-refractivity contribution is 7.89. The van der Waals surface area contributed by atoms with Gasteiger partial charge in [0, 0.05) is 24.9 Å². The molecule has 0 saturated carbocycles. The third-order valence-corrected chi connectivity index (χ3v) is 6.15. The molecule has 0 radical (unpaired) electrons. The van der Waals surface area contributed by atoms with Crippen LogP contribution in [0.1, 0.15) is 19.4 Å². The summed E-state index contributed by atoms with van der Waals surface area (Å²) in [6.45, 7) is 3.70. The Bertz CT molecular complexity index is 1020. The van der Waals surface area contributed by atoms with E-state index in [-0.39, 0.29) is 4.90 Å². The van der Waals surface area contributed by atoms with Crippen LogP contribution in [0, 0.1) is 5.82 Å². The van der Waals surface area contributed by atoms with Gasteiger partial charge in [0.1, 0.15) is 5.82 Å². The van der Waals surface area contributed by atoms with E-state index in [9.17, 15) is 22.4 Å². The Morgan fingerprint density at radius 3 is 2.37 bits per heavy atom. The van der Waals surface area contributed by atoms with Gasteiger partial charge >= 0.3 is 5.97 Å². The first kappa shape index (κ1) is 23.2. The number of carbonyl (C=O) groups excluding carboxylic acids is 2. The summed E-state index contributed by atoms with van der Waals surface area (Å²) in [5.74, 6) is -1.77. The maximum Gasteiger partial charge on any atom is 0.331 e. The largest absolute Gasteiger partial charge is 0.452 e. The molecule has 9 heteroatoms. The predicted octanol–water partition coefficient (Wildman–Crippen LogP) is 3.05. The Kier molecular flexibility index (Phi) is 8.25. The SMILES string of the molecule is CCN(CC)S(=O)(=O)c1ccc(NC(=O)COC(=O)/C=C/c2cccc(F)c2)cc1. The molecule has 0 aliphatic rings. The van der Waals surface area contributed by atoms with Gasteiger partial charge in [-0.25, -0.2) is 17.6 Å². The van der Waals surface area contributed by atoms with Gasteiger partial charge < -0.3 is 10.1 Å². The monoisotopic (exact) mass is 434 g/mol. The molecule has 1 N–H and O–H groups in total. The second-order valence-corrected chi connectivity index (χ2v) is 8.10. The number of esters is 1. The van der Waals surface area contributed by atoms with Crippen molar-refractivity contribution >= 4 is 33.7 Å². The van der Waals surface area contributed by atoms with E-state index in [1.807, 2.05) is 0 Å². The molecule has 0 unspecified atom stereocenters.